The summed E-state index contributed by atoms with van der Waals surface area (Å²) in [5.74, 6) is 0.830. The van der Waals surface area contributed by atoms with Crippen LogP contribution in [-0.2, 0) is 4.79 Å². The van der Waals surface area contributed by atoms with Crippen LogP contribution in [0.4, 0.5) is 22.9 Å². The largest absolute Gasteiger partial charge is 0.399 e. The van der Waals surface area contributed by atoms with E-state index in [-0.39, 0.29) is 5.91 Å². The molecule has 0 aliphatic carbocycles. The van der Waals surface area contributed by atoms with Gasteiger partial charge in [0.25, 0.3) is 5.91 Å². The first kappa shape index (κ1) is 22.0. The normalized spacial score (nSPS) is 17.5. The molecule has 2 aliphatic heterocycles. The SMILES string of the molecule is CN(C)C1CCN(c2ccc(N/C(=C3\C(=O)Nc4cc(N)ccc43)c3ccccc3)cn2)CC1. The first-order valence-electron chi connectivity index (χ1n) is 11.6. The summed E-state index contributed by atoms with van der Waals surface area (Å²) in [5, 5.41) is 6.42. The standard InChI is InChI=1S/C27H30N6O/c1-32(2)21-12-14-33(15-13-21)24-11-9-20(17-29-24)30-26(18-6-4-3-5-7-18)25-22-10-8-19(28)16-23(22)31-27(25)34/h3-11,16-17,21,30H,12-15,28H2,1-2H3,(H,31,34)/b26-25-. The zero-order chi connectivity index (χ0) is 23.7. The molecule has 1 saturated heterocycles. The van der Waals surface area contributed by atoms with E-state index < -0.39 is 0 Å². The summed E-state index contributed by atoms with van der Waals surface area (Å²) in [4.78, 5) is 22.4. The van der Waals surface area contributed by atoms with E-state index in [0.717, 1.165) is 59.9 Å². The fraction of sp³-hybridized carbons (Fsp3) is 0.259. The number of benzene rings is 2. The van der Waals surface area contributed by atoms with E-state index in [2.05, 4.69) is 40.6 Å². The lowest BCUT2D eigenvalue weighted by Gasteiger charge is -2.35. The Hall–Kier alpha value is -3.84. The molecule has 2 aliphatic rings. The highest BCUT2D eigenvalue weighted by Crippen LogP contribution is 2.38. The molecule has 0 radical (unpaired) electrons. The summed E-state index contributed by atoms with van der Waals surface area (Å²) in [6.45, 7) is 2.00. The van der Waals surface area contributed by atoms with Crippen molar-refractivity contribution < 1.29 is 4.79 Å². The van der Waals surface area contributed by atoms with Crippen molar-refractivity contribution in [1.29, 1.82) is 0 Å². The van der Waals surface area contributed by atoms with Gasteiger partial charge in [-0.15, -0.1) is 0 Å². The summed E-state index contributed by atoms with van der Waals surface area (Å²) < 4.78 is 0. The Balaban J connectivity index is 1.44. The minimum Gasteiger partial charge on any atom is -0.399 e. The van der Waals surface area contributed by atoms with Crippen LogP contribution < -0.4 is 21.3 Å². The number of fused-ring (bicyclic) bond motifs is 1. The van der Waals surface area contributed by atoms with E-state index in [9.17, 15) is 4.79 Å². The molecular weight excluding hydrogens is 424 g/mol. The molecular formula is C27H30N6O. The van der Waals surface area contributed by atoms with Crippen LogP contribution in [0.25, 0.3) is 11.3 Å². The second-order valence-corrected chi connectivity index (χ2v) is 9.09. The lowest BCUT2D eigenvalue weighted by Crippen LogP contribution is -2.42. The average Bonchev–Trinajstić information content (AvgIpc) is 3.18. The van der Waals surface area contributed by atoms with Gasteiger partial charge in [0.05, 0.1) is 28.8 Å². The van der Waals surface area contributed by atoms with Gasteiger partial charge in [-0.1, -0.05) is 30.3 Å². The maximum Gasteiger partial charge on any atom is 0.258 e. The Morgan fingerprint density at radius 1 is 1.09 bits per heavy atom. The highest BCUT2D eigenvalue weighted by atomic mass is 16.2. The summed E-state index contributed by atoms with van der Waals surface area (Å²) >= 11 is 0. The summed E-state index contributed by atoms with van der Waals surface area (Å²) in [6, 6.07) is 20.1. The Bertz CT molecular complexity index is 1210. The van der Waals surface area contributed by atoms with Crippen molar-refractivity contribution in [2.45, 2.75) is 18.9 Å². The lowest BCUT2D eigenvalue weighted by molar-refractivity contribution is -0.110. The van der Waals surface area contributed by atoms with Gasteiger partial charge in [0, 0.05) is 30.4 Å². The van der Waals surface area contributed by atoms with Gasteiger partial charge >= 0.3 is 0 Å². The van der Waals surface area contributed by atoms with Crippen molar-refractivity contribution in [3.63, 3.8) is 0 Å². The van der Waals surface area contributed by atoms with E-state index in [4.69, 9.17) is 10.7 Å². The number of pyridine rings is 1. The zero-order valence-corrected chi connectivity index (χ0v) is 19.6. The molecule has 1 aromatic heterocycles. The van der Waals surface area contributed by atoms with Gasteiger partial charge in [0.2, 0.25) is 0 Å². The summed E-state index contributed by atoms with van der Waals surface area (Å²) in [6.07, 6.45) is 4.11. The number of nitrogens with zero attached hydrogens (tertiary/aromatic N) is 3. The Labute approximate surface area is 200 Å². The van der Waals surface area contributed by atoms with Gasteiger partial charge in [0.1, 0.15) is 5.82 Å². The molecule has 2 aromatic carbocycles. The van der Waals surface area contributed by atoms with Crippen molar-refractivity contribution in [2.75, 3.05) is 48.5 Å². The van der Waals surface area contributed by atoms with Gasteiger partial charge in [-0.2, -0.15) is 0 Å². The van der Waals surface area contributed by atoms with Crippen LogP contribution in [0.5, 0.6) is 0 Å². The number of carbonyl (C=O) groups excluding carboxylic acids is 1. The number of hydrogen-bond donors (Lipinski definition) is 3. The molecule has 0 atom stereocenters. The fourth-order valence-electron chi connectivity index (χ4n) is 4.73. The Morgan fingerprint density at radius 3 is 2.53 bits per heavy atom. The molecule has 5 rings (SSSR count). The number of amides is 1. The van der Waals surface area contributed by atoms with Crippen molar-refractivity contribution in [3.8, 4) is 0 Å². The topological polar surface area (TPSA) is 86.5 Å². The highest BCUT2D eigenvalue weighted by molar-refractivity contribution is 6.37. The number of aromatic nitrogens is 1. The third-order valence-corrected chi connectivity index (χ3v) is 6.64. The maximum absolute atomic E-state index is 13.0. The molecule has 3 aromatic rings. The van der Waals surface area contributed by atoms with Gasteiger partial charge in [-0.3, -0.25) is 4.79 Å². The molecule has 0 saturated carbocycles. The summed E-state index contributed by atoms with van der Waals surface area (Å²) in [7, 11) is 4.30. The number of nitrogen functional groups attached to an aromatic ring is 1. The number of nitrogens with one attached hydrogen (secondary N) is 2. The molecule has 0 unspecified atom stereocenters. The molecule has 0 bridgehead atoms. The van der Waals surface area contributed by atoms with E-state index in [1.807, 2.05) is 54.7 Å². The molecule has 7 nitrogen and oxygen atoms in total. The van der Waals surface area contributed by atoms with Crippen LogP contribution >= 0.6 is 0 Å². The fourth-order valence-corrected chi connectivity index (χ4v) is 4.73. The molecule has 0 spiro atoms. The molecule has 1 amide bonds. The summed E-state index contributed by atoms with van der Waals surface area (Å²) in [5.41, 5.74) is 11.2. The lowest BCUT2D eigenvalue weighted by atomic mass is 10.00. The molecule has 34 heavy (non-hydrogen) atoms. The predicted octanol–water partition coefficient (Wildman–Crippen LogP) is 4.13. The number of hydrogen-bond acceptors (Lipinski definition) is 6. The van der Waals surface area contributed by atoms with Crippen LogP contribution in [0, 0.1) is 0 Å². The third-order valence-electron chi connectivity index (χ3n) is 6.64. The maximum atomic E-state index is 13.0. The van der Waals surface area contributed by atoms with E-state index in [0.29, 0.717) is 17.3 Å². The molecule has 3 heterocycles. The molecule has 4 N–H and O–H groups in total. The molecule has 1 fully saturated rings. The van der Waals surface area contributed by atoms with Crippen LogP contribution in [0.2, 0.25) is 0 Å². The van der Waals surface area contributed by atoms with Gasteiger partial charge in [-0.25, -0.2) is 4.98 Å². The second-order valence-electron chi connectivity index (χ2n) is 9.09. The van der Waals surface area contributed by atoms with Crippen molar-refractivity contribution in [2.24, 2.45) is 0 Å². The van der Waals surface area contributed by atoms with Crippen LogP contribution in [-0.4, -0.2) is 49.0 Å². The Kier molecular flexibility index (Phi) is 5.94. The number of rotatable bonds is 5. The number of nitrogens with two attached hydrogens (primary N) is 1. The predicted molar refractivity (Wildman–Crippen MR) is 140 cm³/mol. The number of piperidine rings is 1. The third kappa shape index (κ3) is 4.34. The Morgan fingerprint density at radius 2 is 1.85 bits per heavy atom. The van der Waals surface area contributed by atoms with Crippen LogP contribution in [0.1, 0.15) is 24.0 Å². The van der Waals surface area contributed by atoms with Crippen molar-refractivity contribution in [3.05, 3.63) is 78.0 Å². The number of anilines is 4. The van der Waals surface area contributed by atoms with Crippen LogP contribution in [0.3, 0.4) is 0 Å². The first-order chi connectivity index (χ1) is 16.5. The van der Waals surface area contributed by atoms with Crippen molar-refractivity contribution in [1.82, 2.24) is 9.88 Å². The highest BCUT2D eigenvalue weighted by Gasteiger charge is 2.28. The number of carbonyl (C=O) groups is 1. The zero-order valence-electron chi connectivity index (χ0n) is 19.6. The smallest absolute Gasteiger partial charge is 0.258 e. The minimum absolute atomic E-state index is 0.153. The van der Waals surface area contributed by atoms with Crippen molar-refractivity contribution >= 4 is 40.1 Å². The van der Waals surface area contributed by atoms with Crippen LogP contribution in [0.15, 0.2) is 66.9 Å². The van der Waals surface area contributed by atoms with E-state index in [1.165, 1.54) is 0 Å². The van der Waals surface area contributed by atoms with Gasteiger partial charge in [0.15, 0.2) is 0 Å². The second kappa shape index (κ2) is 9.19. The van der Waals surface area contributed by atoms with Gasteiger partial charge < -0.3 is 26.2 Å². The van der Waals surface area contributed by atoms with E-state index in [1.54, 1.807) is 6.07 Å². The average molecular weight is 455 g/mol. The molecule has 174 valence electrons. The van der Waals surface area contributed by atoms with E-state index >= 15 is 0 Å². The minimum atomic E-state index is -0.153. The quantitative estimate of drug-likeness (QED) is 0.397. The first-order valence-corrected chi connectivity index (χ1v) is 11.6. The monoisotopic (exact) mass is 454 g/mol. The molecule has 7 heteroatoms. The van der Waals surface area contributed by atoms with Gasteiger partial charge in [-0.05, 0) is 62.8 Å².